The molecule has 0 unspecified atom stereocenters. The third-order valence-corrected chi connectivity index (χ3v) is 3.11. The minimum absolute atomic E-state index is 0.251. The summed E-state index contributed by atoms with van der Waals surface area (Å²) in [5.74, 6) is 5.14. The lowest BCUT2D eigenvalue weighted by molar-refractivity contribution is 0.292. The van der Waals surface area contributed by atoms with Gasteiger partial charge in [-0.1, -0.05) is 23.5 Å². The highest BCUT2D eigenvalue weighted by atomic mass is 32.1. The molecular formula is C11H12FN3OS. The highest BCUT2D eigenvalue weighted by Crippen LogP contribution is 2.23. The first-order valence-corrected chi connectivity index (χ1v) is 5.81. The molecule has 17 heavy (non-hydrogen) atoms. The summed E-state index contributed by atoms with van der Waals surface area (Å²) in [5, 5.41) is 0.605. The van der Waals surface area contributed by atoms with Gasteiger partial charge in [0.2, 0.25) is 0 Å². The van der Waals surface area contributed by atoms with Crippen LogP contribution in [-0.4, -0.2) is 4.98 Å². The Bertz CT molecular complexity index is 515. The molecule has 4 nitrogen and oxygen atoms in total. The van der Waals surface area contributed by atoms with Gasteiger partial charge in [0.25, 0.3) is 0 Å². The van der Waals surface area contributed by atoms with Crippen LogP contribution in [0, 0.1) is 12.7 Å². The van der Waals surface area contributed by atoms with Crippen molar-refractivity contribution in [1.82, 2.24) is 4.98 Å². The normalized spacial score (nSPS) is 10.3. The fraction of sp³-hybridized carbons (Fsp3) is 0.182. The van der Waals surface area contributed by atoms with E-state index in [1.807, 2.05) is 0 Å². The first-order chi connectivity index (χ1) is 8.20. The molecular weight excluding hydrogens is 241 g/mol. The Morgan fingerprint density at radius 1 is 1.53 bits per heavy atom. The van der Waals surface area contributed by atoms with E-state index in [9.17, 15) is 4.39 Å². The van der Waals surface area contributed by atoms with Crippen LogP contribution < -0.4 is 16.0 Å². The molecule has 0 aliphatic heterocycles. The number of nitrogens with zero attached hydrogens (tertiary/aromatic N) is 1. The predicted octanol–water partition coefficient (Wildman–Crippen LogP) is 2.46. The van der Waals surface area contributed by atoms with Crippen LogP contribution in [0.5, 0.6) is 5.75 Å². The number of rotatable bonds is 4. The van der Waals surface area contributed by atoms with Gasteiger partial charge in [-0.2, -0.15) is 0 Å². The summed E-state index contributed by atoms with van der Waals surface area (Å²) < 4.78 is 19.0. The Labute approximate surface area is 102 Å². The number of anilines is 1. The molecule has 6 heteroatoms. The first kappa shape index (κ1) is 11.8. The zero-order valence-corrected chi connectivity index (χ0v) is 10.1. The Morgan fingerprint density at radius 2 is 2.35 bits per heavy atom. The predicted molar refractivity (Wildman–Crippen MR) is 65.4 cm³/mol. The number of thiazole rings is 1. The van der Waals surface area contributed by atoms with Crippen LogP contribution in [0.2, 0.25) is 0 Å². The highest BCUT2D eigenvalue weighted by molar-refractivity contribution is 7.15. The third-order valence-electron chi connectivity index (χ3n) is 2.20. The van der Waals surface area contributed by atoms with E-state index in [0.717, 1.165) is 4.88 Å². The van der Waals surface area contributed by atoms with Crippen molar-refractivity contribution in [2.75, 3.05) is 5.43 Å². The summed E-state index contributed by atoms with van der Waals surface area (Å²) in [4.78, 5) is 4.87. The molecule has 0 bridgehead atoms. The maximum Gasteiger partial charge on any atom is 0.197 e. The van der Waals surface area contributed by atoms with Gasteiger partial charge in [-0.05, 0) is 18.6 Å². The number of nitrogens with one attached hydrogen (secondary N) is 1. The molecule has 90 valence electrons. The Hall–Kier alpha value is -1.66. The Balaban J connectivity index is 2.04. The fourth-order valence-electron chi connectivity index (χ4n) is 1.32. The van der Waals surface area contributed by atoms with Gasteiger partial charge in [-0.3, -0.25) is 5.43 Å². The summed E-state index contributed by atoms with van der Waals surface area (Å²) in [6.07, 6.45) is 1.65. The van der Waals surface area contributed by atoms with E-state index >= 15 is 0 Å². The van der Waals surface area contributed by atoms with Crippen molar-refractivity contribution < 1.29 is 9.13 Å². The fourth-order valence-corrected chi connectivity index (χ4v) is 1.96. The van der Waals surface area contributed by atoms with E-state index in [-0.39, 0.29) is 18.2 Å². The molecule has 1 aromatic carbocycles. The minimum Gasteiger partial charge on any atom is -0.485 e. The Kier molecular flexibility index (Phi) is 3.55. The van der Waals surface area contributed by atoms with Crippen LogP contribution in [-0.2, 0) is 6.61 Å². The quantitative estimate of drug-likeness (QED) is 0.649. The maximum atomic E-state index is 13.6. The number of aromatic nitrogens is 1. The second kappa shape index (κ2) is 5.11. The number of hydrazine groups is 1. The molecule has 0 amide bonds. The number of nitrogens with two attached hydrogens (primary N) is 1. The summed E-state index contributed by atoms with van der Waals surface area (Å²) >= 11 is 1.37. The van der Waals surface area contributed by atoms with Crippen LogP contribution in [0.3, 0.4) is 0 Å². The molecule has 0 radical (unpaired) electrons. The van der Waals surface area contributed by atoms with Crippen LogP contribution in [0.1, 0.15) is 10.4 Å². The summed E-state index contributed by atoms with van der Waals surface area (Å²) in [5.41, 5.74) is 3.01. The molecule has 0 saturated carbocycles. The number of benzene rings is 1. The summed E-state index contributed by atoms with van der Waals surface area (Å²) in [6, 6.07) is 5.06. The lowest BCUT2D eigenvalue weighted by atomic mass is 10.2. The first-order valence-electron chi connectivity index (χ1n) is 5.00. The molecule has 3 N–H and O–H groups in total. The topological polar surface area (TPSA) is 60.2 Å². The number of aryl methyl sites for hydroxylation is 1. The zero-order chi connectivity index (χ0) is 12.3. The standard InChI is InChI=1S/C11H12FN3OS/c1-7-3-2-4-9(10(7)12)16-6-8-5-14-11(15-13)17-8/h2-5H,6,13H2,1H3,(H,14,15). The highest BCUT2D eigenvalue weighted by Gasteiger charge is 2.07. The van der Waals surface area contributed by atoms with Crippen LogP contribution in [0.15, 0.2) is 24.4 Å². The number of hydrogen-bond acceptors (Lipinski definition) is 5. The van der Waals surface area contributed by atoms with Crippen molar-refractivity contribution in [2.45, 2.75) is 13.5 Å². The second-order valence-corrected chi connectivity index (χ2v) is 4.57. The van der Waals surface area contributed by atoms with Crippen molar-refractivity contribution in [2.24, 2.45) is 5.84 Å². The third kappa shape index (κ3) is 2.72. The van der Waals surface area contributed by atoms with E-state index in [0.29, 0.717) is 10.7 Å². The molecule has 2 aromatic rings. The second-order valence-electron chi connectivity index (χ2n) is 3.45. The van der Waals surface area contributed by atoms with Crippen molar-refractivity contribution >= 4 is 16.5 Å². The summed E-state index contributed by atoms with van der Waals surface area (Å²) in [7, 11) is 0. The molecule has 2 rings (SSSR count). The lowest BCUT2D eigenvalue weighted by Crippen LogP contribution is -2.05. The molecule has 0 fully saturated rings. The molecule has 0 aliphatic rings. The van der Waals surface area contributed by atoms with Crippen molar-refractivity contribution in [3.05, 3.63) is 40.7 Å². The lowest BCUT2D eigenvalue weighted by Gasteiger charge is -2.06. The number of ether oxygens (including phenoxy) is 1. The van der Waals surface area contributed by atoms with E-state index in [4.69, 9.17) is 10.6 Å². The average Bonchev–Trinajstić information content (AvgIpc) is 2.79. The van der Waals surface area contributed by atoms with Crippen molar-refractivity contribution in [3.8, 4) is 5.75 Å². The monoisotopic (exact) mass is 253 g/mol. The van der Waals surface area contributed by atoms with Gasteiger partial charge in [0.05, 0.1) is 4.88 Å². The van der Waals surface area contributed by atoms with Gasteiger partial charge in [0, 0.05) is 6.20 Å². The SMILES string of the molecule is Cc1cccc(OCc2cnc(NN)s2)c1F. The number of hydrogen-bond donors (Lipinski definition) is 2. The average molecular weight is 253 g/mol. The molecule has 0 aliphatic carbocycles. The molecule has 0 spiro atoms. The van der Waals surface area contributed by atoms with Crippen LogP contribution >= 0.6 is 11.3 Å². The van der Waals surface area contributed by atoms with Gasteiger partial charge in [-0.25, -0.2) is 15.2 Å². The van der Waals surface area contributed by atoms with Gasteiger partial charge < -0.3 is 4.74 Å². The van der Waals surface area contributed by atoms with E-state index in [1.165, 1.54) is 11.3 Å². The van der Waals surface area contributed by atoms with E-state index in [1.54, 1.807) is 31.3 Å². The van der Waals surface area contributed by atoms with Crippen molar-refractivity contribution in [1.29, 1.82) is 0 Å². The van der Waals surface area contributed by atoms with Gasteiger partial charge in [0.15, 0.2) is 16.7 Å². The maximum absolute atomic E-state index is 13.6. The van der Waals surface area contributed by atoms with Crippen LogP contribution in [0.25, 0.3) is 0 Å². The molecule has 0 saturated heterocycles. The van der Waals surface area contributed by atoms with E-state index < -0.39 is 0 Å². The molecule has 1 heterocycles. The smallest absolute Gasteiger partial charge is 0.197 e. The number of halogens is 1. The van der Waals surface area contributed by atoms with Gasteiger partial charge in [0.1, 0.15) is 6.61 Å². The summed E-state index contributed by atoms with van der Waals surface area (Å²) in [6.45, 7) is 1.98. The van der Waals surface area contributed by atoms with Gasteiger partial charge in [-0.15, -0.1) is 0 Å². The minimum atomic E-state index is -0.325. The van der Waals surface area contributed by atoms with Crippen molar-refractivity contribution in [3.63, 3.8) is 0 Å². The molecule has 0 atom stereocenters. The molecule has 1 aromatic heterocycles. The number of nitrogen functional groups attached to an aromatic ring is 1. The van der Waals surface area contributed by atoms with Crippen LogP contribution in [0.4, 0.5) is 9.52 Å². The van der Waals surface area contributed by atoms with E-state index in [2.05, 4.69) is 10.4 Å². The van der Waals surface area contributed by atoms with Gasteiger partial charge >= 0.3 is 0 Å². The Morgan fingerprint density at radius 3 is 3.06 bits per heavy atom. The largest absolute Gasteiger partial charge is 0.485 e. The zero-order valence-electron chi connectivity index (χ0n) is 9.24.